The lowest BCUT2D eigenvalue weighted by Gasteiger charge is -2.04. The molecule has 1 N–H and O–H groups in total. The molecule has 0 atom stereocenters. The van der Waals surface area contributed by atoms with Gasteiger partial charge in [0.15, 0.2) is 11.6 Å². The lowest BCUT2D eigenvalue weighted by molar-refractivity contribution is 0.428. The first-order chi connectivity index (χ1) is 11.4. The molecule has 0 amide bonds. The first-order valence-corrected chi connectivity index (χ1v) is 7.58. The Morgan fingerprint density at radius 1 is 1.25 bits per heavy atom. The molecule has 0 unspecified atom stereocenters. The molecule has 24 heavy (non-hydrogen) atoms. The van der Waals surface area contributed by atoms with Crippen molar-refractivity contribution in [2.45, 2.75) is 6.54 Å². The molecule has 0 radical (unpaired) electrons. The van der Waals surface area contributed by atoms with Crippen molar-refractivity contribution in [2.75, 3.05) is 0 Å². The van der Waals surface area contributed by atoms with Crippen LogP contribution in [0.3, 0.4) is 0 Å². The van der Waals surface area contributed by atoms with Crippen LogP contribution in [0.25, 0.3) is 10.6 Å². The molecule has 124 valence electrons. The van der Waals surface area contributed by atoms with Crippen molar-refractivity contribution in [3.8, 4) is 16.3 Å². The molecule has 6 nitrogen and oxygen atoms in total. The highest BCUT2D eigenvalue weighted by atomic mass is 32.1. The van der Waals surface area contributed by atoms with Gasteiger partial charge >= 0.3 is 5.69 Å². The zero-order chi connectivity index (χ0) is 17.4. The number of aromatic nitrogens is 3. The third kappa shape index (κ3) is 2.85. The van der Waals surface area contributed by atoms with Gasteiger partial charge in [0.25, 0.3) is 5.56 Å². The van der Waals surface area contributed by atoms with E-state index in [1.54, 1.807) is 0 Å². The number of aromatic hydroxyl groups is 1. The highest BCUT2D eigenvalue weighted by Crippen LogP contribution is 2.31. The molecule has 0 aliphatic rings. The highest BCUT2D eigenvalue weighted by Gasteiger charge is 2.14. The summed E-state index contributed by atoms with van der Waals surface area (Å²) in [5.74, 6) is -2.56. The van der Waals surface area contributed by atoms with Crippen LogP contribution in [0, 0.1) is 11.6 Å². The Labute approximate surface area is 137 Å². The van der Waals surface area contributed by atoms with Crippen molar-refractivity contribution in [3.05, 3.63) is 67.9 Å². The van der Waals surface area contributed by atoms with Crippen molar-refractivity contribution < 1.29 is 13.9 Å². The largest absolute Gasteiger partial charge is 0.505 e. The molecule has 3 aromatic rings. The molecular weight excluding hydrogens is 340 g/mol. The van der Waals surface area contributed by atoms with Gasteiger partial charge in [0.1, 0.15) is 10.8 Å². The molecule has 0 aliphatic heterocycles. The Balaban J connectivity index is 1.95. The van der Waals surface area contributed by atoms with Crippen molar-refractivity contribution >= 4 is 11.3 Å². The Kier molecular flexibility index (Phi) is 4.02. The molecule has 0 saturated carbocycles. The maximum absolute atomic E-state index is 13.8. The Bertz CT molecular complexity index is 1040. The fraction of sp³-hybridized carbons (Fsp3) is 0.133. The molecule has 9 heteroatoms. The van der Waals surface area contributed by atoms with Crippen LogP contribution in [0.5, 0.6) is 5.75 Å². The zero-order valence-corrected chi connectivity index (χ0v) is 13.2. The fourth-order valence-corrected chi connectivity index (χ4v) is 3.04. The SMILES string of the molecule is Cn1c(=O)ccn(Cc2cnc(-c3cc(O)c(F)cc3F)s2)c1=O. The summed E-state index contributed by atoms with van der Waals surface area (Å²) in [6.07, 6.45) is 2.83. The second-order valence-electron chi connectivity index (χ2n) is 5.04. The molecule has 0 fully saturated rings. The number of hydrogen-bond acceptors (Lipinski definition) is 5. The van der Waals surface area contributed by atoms with Gasteiger partial charge in [-0.15, -0.1) is 11.3 Å². The van der Waals surface area contributed by atoms with Crippen LogP contribution in [0.1, 0.15) is 4.88 Å². The van der Waals surface area contributed by atoms with Gasteiger partial charge in [-0.1, -0.05) is 0 Å². The molecular formula is C15H11F2N3O3S. The summed E-state index contributed by atoms with van der Waals surface area (Å²) in [5.41, 5.74) is -0.925. The average Bonchev–Trinajstić information content (AvgIpc) is 3.00. The van der Waals surface area contributed by atoms with Gasteiger partial charge in [-0.3, -0.25) is 13.9 Å². The van der Waals surface area contributed by atoms with E-state index < -0.39 is 28.6 Å². The molecule has 0 spiro atoms. The smallest absolute Gasteiger partial charge is 0.331 e. The summed E-state index contributed by atoms with van der Waals surface area (Å²) in [6.45, 7) is 0.152. The normalized spacial score (nSPS) is 11.0. The van der Waals surface area contributed by atoms with Crippen LogP contribution >= 0.6 is 11.3 Å². The third-order valence-electron chi connectivity index (χ3n) is 3.41. The molecule has 0 aliphatic carbocycles. The average molecular weight is 351 g/mol. The monoisotopic (exact) mass is 351 g/mol. The van der Waals surface area contributed by atoms with Crippen LogP contribution in [0.4, 0.5) is 8.78 Å². The molecule has 2 aromatic heterocycles. The number of thiazole rings is 1. The van der Waals surface area contributed by atoms with E-state index in [9.17, 15) is 23.5 Å². The van der Waals surface area contributed by atoms with Crippen LogP contribution in [-0.2, 0) is 13.6 Å². The number of hydrogen-bond donors (Lipinski definition) is 1. The Morgan fingerprint density at radius 2 is 2.00 bits per heavy atom. The number of phenols is 1. The minimum Gasteiger partial charge on any atom is -0.505 e. The predicted molar refractivity (Wildman–Crippen MR) is 84.2 cm³/mol. The second kappa shape index (κ2) is 6.00. The highest BCUT2D eigenvalue weighted by molar-refractivity contribution is 7.15. The number of rotatable bonds is 3. The van der Waals surface area contributed by atoms with E-state index in [-0.39, 0.29) is 17.1 Å². The van der Waals surface area contributed by atoms with Crippen LogP contribution in [0.15, 0.2) is 40.2 Å². The Morgan fingerprint density at radius 3 is 2.75 bits per heavy atom. The van der Waals surface area contributed by atoms with E-state index in [0.717, 1.165) is 22.0 Å². The summed E-state index contributed by atoms with van der Waals surface area (Å²) in [7, 11) is 1.37. The lowest BCUT2D eigenvalue weighted by atomic mass is 10.2. The van der Waals surface area contributed by atoms with E-state index in [2.05, 4.69) is 4.98 Å². The summed E-state index contributed by atoms with van der Waals surface area (Å²) in [4.78, 5) is 28.0. The minimum absolute atomic E-state index is 0.0297. The van der Waals surface area contributed by atoms with Gasteiger partial charge in [0.2, 0.25) is 0 Å². The van der Waals surface area contributed by atoms with Crippen LogP contribution < -0.4 is 11.2 Å². The quantitative estimate of drug-likeness (QED) is 0.779. The number of phenolic OH excluding ortho intramolecular Hbond substituents is 1. The summed E-state index contributed by atoms with van der Waals surface area (Å²) in [5, 5.41) is 9.62. The summed E-state index contributed by atoms with van der Waals surface area (Å²) < 4.78 is 29.2. The van der Waals surface area contributed by atoms with Gasteiger partial charge in [-0.2, -0.15) is 0 Å². The van der Waals surface area contributed by atoms with Crippen molar-refractivity contribution in [1.82, 2.24) is 14.1 Å². The first kappa shape index (κ1) is 16.1. The molecule has 0 bridgehead atoms. The third-order valence-corrected chi connectivity index (χ3v) is 4.42. The maximum Gasteiger partial charge on any atom is 0.331 e. The van der Waals surface area contributed by atoms with E-state index >= 15 is 0 Å². The van der Waals surface area contributed by atoms with E-state index in [4.69, 9.17) is 0 Å². The van der Waals surface area contributed by atoms with Crippen molar-refractivity contribution in [1.29, 1.82) is 0 Å². The van der Waals surface area contributed by atoms with E-state index in [1.165, 1.54) is 30.1 Å². The number of benzene rings is 1. The lowest BCUT2D eigenvalue weighted by Crippen LogP contribution is -2.36. The van der Waals surface area contributed by atoms with Gasteiger partial charge in [-0.05, 0) is 6.07 Å². The predicted octanol–water partition coefficient (Wildman–Crippen LogP) is 1.70. The van der Waals surface area contributed by atoms with Gasteiger partial charge in [0.05, 0.1) is 12.1 Å². The first-order valence-electron chi connectivity index (χ1n) is 6.76. The molecule has 2 heterocycles. The fourth-order valence-electron chi connectivity index (χ4n) is 2.11. The topological polar surface area (TPSA) is 77.1 Å². The Hall–Kier alpha value is -2.81. The molecule has 3 rings (SSSR count). The van der Waals surface area contributed by atoms with Gasteiger partial charge in [-0.25, -0.2) is 18.6 Å². The number of nitrogens with zero attached hydrogens (tertiary/aromatic N) is 3. The van der Waals surface area contributed by atoms with E-state index in [1.807, 2.05) is 0 Å². The van der Waals surface area contributed by atoms with Crippen LogP contribution in [0.2, 0.25) is 0 Å². The standard InChI is InChI=1S/C15H11F2N3O3S/c1-19-13(22)2-3-20(15(19)23)7-8-6-18-14(24-8)9-4-12(21)11(17)5-10(9)16/h2-6,21H,7H2,1H3. The molecule has 0 saturated heterocycles. The summed E-state index contributed by atoms with van der Waals surface area (Å²) >= 11 is 1.10. The minimum atomic E-state index is -1.05. The van der Waals surface area contributed by atoms with Crippen LogP contribution in [-0.4, -0.2) is 19.2 Å². The van der Waals surface area contributed by atoms with Crippen molar-refractivity contribution in [3.63, 3.8) is 0 Å². The maximum atomic E-state index is 13.8. The van der Waals surface area contributed by atoms with Gasteiger partial charge < -0.3 is 5.11 Å². The zero-order valence-electron chi connectivity index (χ0n) is 12.4. The second-order valence-corrected chi connectivity index (χ2v) is 6.15. The van der Waals surface area contributed by atoms with E-state index in [0.29, 0.717) is 10.9 Å². The van der Waals surface area contributed by atoms with Gasteiger partial charge in [0, 0.05) is 36.5 Å². The summed E-state index contributed by atoms with van der Waals surface area (Å²) in [6, 6.07) is 2.82. The number of halogens is 2. The van der Waals surface area contributed by atoms with Crippen molar-refractivity contribution in [2.24, 2.45) is 7.05 Å². The molecule has 1 aromatic carbocycles.